The van der Waals surface area contributed by atoms with E-state index in [-0.39, 0.29) is 0 Å². The summed E-state index contributed by atoms with van der Waals surface area (Å²) in [4.78, 5) is 0. The van der Waals surface area contributed by atoms with Crippen LogP contribution in [0.3, 0.4) is 0 Å². The molecule has 0 heterocycles. The first-order chi connectivity index (χ1) is 7.09. The highest BCUT2D eigenvalue weighted by Gasteiger charge is 2.35. The second-order valence-electron chi connectivity index (χ2n) is 5.79. The Morgan fingerprint density at radius 1 is 1.27 bits per heavy atom. The molecule has 0 saturated heterocycles. The van der Waals surface area contributed by atoms with Gasteiger partial charge in [-0.25, -0.2) is 0 Å². The minimum absolute atomic E-state index is 0.726. The maximum Gasteiger partial charge on any atom is -0.0139 e. The maximum atomic E-state index is 4.31. The van der Waals surface area contributed by atoms with Crippen LogP contribution in [0.1, 0.15) is 46.5 Å². The molecule has 2 rings (SSSR count). The van der Waals surface area contributed by atoms with Crippen molar-refractivity contribution in [1.29, 1.82) is 0 Å². The number of hydrogen-bond donors (Lipinski definition) is 0. The number of rotatable bonds is 1. The minimum Gasteiger partial charge on any atom is -0.0995 e. The second-order valence-corrected chi connectivity index (χ2v) is 5.79. The Kier molecular flexibility index (Phi) is 3.04. The van der Waals surface area contributed by atoms with E-state index in [0.717, 1.165) is 23.7 Å². The summed E-state index contributed by atoms with van der Waals surface area (Å²) in [5, 5.41) is 0. The zero-order chi connectivity index (χ0) is 11.0. The molecule has 0 aromatic carbocycles. The fourth-order valence-corrected chi connectivity index (χ4v) is 3.28. The molecule has 0 aromatic rings. The molecule has 0 N–H and O–H groups in total. The normalized spacial score (nSPS) is 36.4. The van der Waals surface area contributed by atoms with Gasteiger partial charge >= 0.3 is 0 Å². The summed E-state index contributed by atoms with van der Waals surface area (Å²) in [7, 11) is 0. The molecule has 0 heteroatoms. The van der Waals surface area contributed by atoms with E-state index in [1.165, 1.54) is 31.3 Å². The standard InChI is InChI=1S/C15H24/c1-10(2)13-7-5-11(3)14-8-6-12(4)15(14)9-13/h9-10,12,14-15H,3,5-8H2,1-2,4H3/t12-,14+,15-/m1/s1. The molecule has 0 bridgehead atoms. The fourth-order valence-electron chi connectivity index (χ4n) is 3.28. The van der Waals surface area contributed by atoms with Gasteiger partial charge in [-0.15, -0.1) is 0 Å². The van der Waals surface area contributed by atoms with Crippen LogP contribution in [0.15, 0.2) is 23.8 Å². The van der Waals surface area contributed by atoms with Crippen LogP contribution in [0.5, 0.6) is 0 Å². The topological polar surface area (TPSA) is 0 Å². The van der Waals surface area contributed by atoms with Crippen LogP contribution in [-0.2, 0) is 0 Å². The molecule has 0 aliphatic heterocycles. The van der Waals surface area contributed by atoms with E-state index >= 15 is 0 Å². The van der Waals surface area contributed by atoms with Crippen molar-refractivity contribution in [2.45, 2.75) is 46.5 Å². The van der Waals surface area contributed by atoms with Crippen molar-refractivity contribution >= 4 is 0 Å². The van der Waals surface area contributed by atoms with E-state index in [1.54, 1.807) is 5.57 Å². The van der Waals surface area contributed by atoms with Gasteiger partial charge in [0.25, 0.3) is 0 Å². The lowest BCUT2D eigenvalue weighted by atomic mass is 9.85. The minimum atomic E-state index is 0.726. The molecule has 3 atom stereocenters. The van der Waals surface area contributed by atoms with Crippen molar-refractivity contribution in [3.63, 3.8) is 0 Å². The van der Waals surface area contributed by atoms with Gasteiger partial charge in [0.1, 0.15) is 0 Å². The largest absolute Gasteiger partial charge is 0.0995 e. The van der Waals surface area contributed by atoms with Gasteiger partial charge in [0, 0.05) is 0 Å². The summed E-state index contributed by atoms with van der Waals surface area (Å²) in [6.45, 7) is 11.4. The molecule has 0 nitrogen and oxygen atoms in total. The van der Waals surface area contributed by atoms with E-state index in [9.17, 15) is 0 Å². The summed E-state index contributed by atoms with van der Waals surface area (Å²) in [6.07, 6.45) is 7.88. The van der Waals surface area contributed by atoms with Crippen LogP contribution in [0.4, 0.5) is 0 Å². The third-order valence-electron chi connectivity index (χ3n) is 4.46. The molecule has 84 valence electrons. The average Bonchev–Trinajstić information content (AvgIpc) is 2.43. The lowest BCUT2D eigenvalue weighted by Gasteiger charge is -2.19. The maximum absolute atomic E-state index is 4.31. The van der Waals surface area contributed by atoms with E-state index < -0.39 is 0 Å². The summed E-state index contributed by atoms with van der Waals surface area (Å²) < 4.78 is 0. The van der Waals surface area contributed by atoms with Crippen molar-refractivity contribution in [1.82, 2.24) is 0 Å². The van der Waals surface area contributed by atoms with Gasteiger partial charge in [0.15, 0.2) is 0 Å². The van der Waals surface area contributed by atoms with Crippen LogP contribution >= 0.6 is 0 Å². The Bertz CT molecular complexity index is 282. The van der Waals surface area contributed by atoms with Gasteiger partial charge < -0.3 is 0 Å². The SMILES string of the molecule is C=C1CCC(C(C)C)=C[C@@H]2[C@H](C)CC[C@@H]12. The highest BCUT2D eigenvalue weighted by atomic mass is 14.4. The molecule has 1 fully saturated rings. The van der Waals surface area contributed by atoms with Crippen LogP contribution in [-0.4, -0.2) is 0 Å². The molecule has 2 aliphatic rings. The second kappa shape index (κ2) is 4.15. The van der Waals surface area contributed by atoms with E-state index in [2.05, 4.69) is 33.4 Å². The molecule has 0 radical (unpaired) electrons. The van der Waals surface area contributed by atoms with Crippen LogP contribution in [0.2, 0.25) is 0 Å². The van der Waals surface area contributed by atoms with Crippen molar-refractivity contribution in [3.05, 3.63) is 23.8 Å². The Balaban J connectivity index is 2.26. The van der Waals surface area contributed by atoms with E-state index in [4.69, 9.17) is 0 Å². The van der Waals surface area contributed by atoms with E-state index in [0.29, 0.717) is 0 Å². The smallest absolute Gasteiger partial charge is 0.0139 e. The fraction of sp³-hybridized carbons (Fsp3) is 0.733. The number of hydrogen-bond acceptors (Lipinski definition) is 0. The van der Waals surface area contributed by atoms with Gasteiger partial charge in [0.05, 0.1) is 0 Å². The summed E-state index contributed by atoms with van der Waals surface area (Å²) in [6, 6.07) is 0. The van der Waals surface area contributed by atoms with Gasteiger partial charge in [-0.1, -0.05) is 44.6 Å². The van der Waals surface area contributed by atoms with Crippen LogP contribution < -0.4 is 0 Å². The molecule has 0 amide bonds. The van der Waals surface area contributed by atoms with Crippen molar-refractivity contribution in [3.8, 4) is 0 Å². The first-order valence-electron chi connectivity index (χ1n) is 6.48. The van der Waals surface area contributed by atoms with Crippen molar-refractivity contribution in [2.24, 2.45) is 23.7 Å². The quantitative estimate of drug-likeness (QED) is 0.548. The molecule has 2 aliphatic carbocycles. The molecule has 0 aromatic heterocycles. The molecule has 15 heavy (non-hydrogen) atoms. The monoisotopic (exact) mass is 204 g/mol. The lowest BCUT2D eigenvalue weighted by molar-refractivity contribution is 0.439. The Morgan fingerprint density at radius 3 is 2.67 bits per heavy atom. The Labute approximate surface area is 94.5 Å². The third kappa shape index (κ3) is 2.04. The highest BCUT2D eigenvalue weighted by molar-refractivity contribution is 5.21. The van der Waals surface area contributed by atoms with Crippen molar-refractivity contribution < 1.29 is 0 Å². The predicted molar refractivity (Wildman–Crippen MR) is 66.7 cm³/mol. The summed E-state index contributed by atoms with van der Waals surface area (Å²) in [5.41, 5.74) is 3.20. The van der Waals surface area contributed by atoms with E-state index in [1.807, 2.05) is 0 Å². The Morgan fingerprint density at radius 2 is 2.00 bits per heavy atom. The molecule has 0 unspecified atom stereocenters. The van der Waals surface area contributed by atoms with Gasteiger partial charge in [-0.2, -0.15) is 0 Å². The molecular weight excluding hydrogens is 180 g/mol. The Hall–Kier alpha value is -0.520. The summed E-state index contributed by atoms with van der Waals surface area (Å²) in [5.74, 6) is 3.21. The van der Waals surface area contributed by atoms with Gasteiger partial charge in [-0.05, 0) is 49.4 Å². The first-order valence-corrected chi connectivity index (χ1v) is 6.48. The zero-order valence-electron chi connectivity index (χ0n) is 10.4. The average molecular weight is 204 g/mol. The van der Waals surface area contributed by atoms with Gasteiger partial charge in [0.2, 0.25) is 0 Å². The molecule has 1 saturated carbocycles. The first kappa shape index (κ1) is 11.0. The number of allylic oxidation sites excluding steroid dienone is 3. The predicted octanol–water partition coefficient (Wildman–Crippen LogP) is 4.58. The van der Waals surface area contributed by atoms with Crippen LogP contribution in [0.25, 0.3) is 0 Å². The summed E-state index contributed by atoms with van der Waals surface area (Å²) >= 11 is 0. The van der Waals surface area contributed by atoms with Gasteiger partial charge in [-0.3, -0.25) is 0 Å². The van der Waals surface area contributed by atoms with Crippen molar-refractivity contribution in [2.75, 3.05) is 0 Å². The molecule has 0 spiro atoms. The zero-order valence-corrected chi connectivity index (χ0v) is 10.4. The lowest BCUT2D eigenvalue weighted by Crippen LogP contribution is -2.11. The highest BCUT2D eigenvalue weighted by Crippen LogP contribution is 2.46. The van der Waals surface area contributed by atoms with Crippen LogP contribution in [0, 0.1) is 23.7 Å². The number of fused-ring (bicyclic) bond motifs is 1. The third-order valence-corrected chi connectivity index (χ3v) is 4.46. The molecular formula is C15H24.